The minimum Gasteiger partial charge on any atom is -0.550 e. The molecule has 1 saturated carbocycles. The van der Waals surface area contributed by atoms with E-state index in [0.29, 0.717) is 12.8 Å². The molecule has 0 bridgehead atoms. The van der Waals surface area contributed by atoms with Gasteiger partial charge in [-0.05, 0) is 57.4 Å². The zero-order chi connectivity index (χ0) is 21.1. The summed E-state index contributed by atoms with van der Waals surface area (Å²) in [5, 5.41) is 24.0. The lowest BCUT2D eigenvalue weighted by atomic mass is 9.73. The summed E-state index contributed by atoms with van der Waals surface area (Å²) in [7, 11) is 0. The summed E-state index contributed by atoms with van der Waals surface area (Å²) in [5.41, 5.74) is 0.994. The van der Waals surface area contributed by atoms with Crippen LogP contribution in [0.1, 0.15) is 50.2 Å². The Morgan fingerprint density at radius 2 is 1.41 bits per heavy atom. The molecule has 2 atom stereocenters. The standard InChI is InChI=1S/C24H30O3S2/c1-4-21(22(25)26)23(27)15-5-6-16-24(23,28-19-11-7-17(2)8-12-19)29-20-13-9-18(3)10-14-20/h7-14,21,27H,4-6,15-16H2,1-3H3,(H,25,26)/p-1. The first-order valence-corrected chi connectivity index (χ1v) is 11.9. The number of aliphatic carboxylic acids is 1. The van der Waals surface area contributed by atoms with E-state index in [0.717, 1.165) is 29.1 Å². The lowest BCUT2D eigenvalue weighted by molar-refractivity contribution is -0.318. The predicted octanol–water partition coefficient (Wildman–Crippen LogP) is 4.97. The summed E-state index contributed by atoms with van der Waals surface area (Å²) < 4.78 is -0.698. The Bertz CT molecular complexity index is 785. The number of aliphatic hydroxyl groups is 1. The molecule has 0 saturated heterocycles. The molecule has 3 nitrogen and oxygen atoms in total. The van der Waals surface area contributed by atoms with Crippen LogP contribution in [-0.4, -0.2) is 20.8 Å². The zero-order valence-corrected chi connectivity index (χ0v) is 18.9. The number of benzene rings is 2. The molecule has 0 amide bonds. The van der Waals surface area contributed by atoms with Crippen molar-refractivity contribution in [3.63, 3.8) is 0 Å². The lowest BCUT2D eigenvalue weighted by Crippen LogP contribution is -2.60. The molecule has 1 fully saturated rings. The van der Waals surface area contributed by atoms with Gasteiger partial charge in [-0.15, -0.1) is 23.5 Å². The second-order valence-electron chi connectivity index (χ2n) is 7.99. The third kappa shape index (κ3) is 4.68. The summed E-state index contributed by atoms with van der Waals surface area (Å²) in [5.74, 6) is -2.06. The molecule has 0 heterocycles. The lowest BCUT2D eigenvalue weighted by Gasteiger charge is -2.53. The molecule has 1 aliphatic rings. The molecule has 0 aromatic heterocycles. The van der Waals surface area contributed by atoms with Crippen LogP contribution in [0.5, 0.6) is 0 Å². The Labute approximate surface area is 182 Å². The van der Waals surface area contributed by atoms with Crippen molar-refractivity contribution in [3.05, 3.63) is 59.7 Å². The van der Waals surface area contributed by atoms with Gasteiger partial charge in [0.15, 0.2) is 0 Å². The highest BCUT2D eigenvalue weighted by Crippen LogP contribution is 2.60. The topological polar surface area (TPSA) is 60.4 Å². The molecule has 29 heavy (non-hydrogen) atoms. The zero-order valence-electron chi connectivity index (χ0n) is 17.3. The summed E-state index contributed by atoms with van der Waals surface area (Å²) >= 11 is 3.22. The number of aryl methyl sites for hydroxylation is 2. The Kier molecular flexibility index (Phi) is 7.02. The van der Waals surface area contributed by atoms with Gasteiger partial charge in [0.25, 0.3) is 0 Å². The van der Waals surface area contributed by atoms with Crippen LogP contribution in [-0.2, 0) is 4.79 Å². The average molecular weight is 430 g/mol. The molecule has 5 heteroatoms. The second-order valence-corrected chi connectivity index (χ2v) is 11.0. The second kappa shape index (κ2) is 9.15. The largest absolute Gasteiger partial charge is 0.550 e. The highest BCUT2D eigenvalue weighted by molar-refractivity contribution is 8.18. The molecule has 1 N–H and O–H groups in total. The Morgan fingerprint density at radius 3 is 1.83 bits per heavy atom. The van der Waals surface area contributed by atoms with E-state index in [1.807, 2.05) is 20.8 Å². The number of carboxylic acid groups (broad SMARTS) is 1. The molecule has 3 rings (SSSR count). The van der Waals surface area contributed by atoms with Crippen molar-refractivity contribution in [1.29, 1.82) is 0 Å². The summed E-state index contributed by atoms with van der Waals surface area (Å²) in [4.78, 5) is 14.1. The highest BCUT2D eigenvalue weighted by Gasteiger charge is 2.57. The first kappa shape index (κ1) is 22.3. The fraction of sp³-hybridized carbons (Fsp3) is 0.458. The van der Waals surface area contributed by atoms with E-state index in [2.05, 4.69) is 48.5 Å². The van der Waals surface area contributed by atoms with Gasteiger partial charge in [-0.1, -0.05) is 55.2 Å². The highest BCUT2D eigenvalue weighted by atomic mass is 32.2. The molecule has 1 aliphatic carbocycles. The average Bonchev–Trinajstić information content (AvgIpc) is 2.68. The van der Waals surface area contributed by atoms with E-state index in [1.165, 1.54) is 11.1 Å². The molecule has 0 radical (unpaired) electrons. The van der Waals surface area contributed by atoms with Crippen molar-refractivity contribution >= 4 is 29.5 Å². The molecule has 2 aromatic carbocycles. The third-order valence-electron chi connectivity index (χ3n) is 5.85. The molecule has 0 aliphatic heterocycles. The van der Waals surface area contributed by atoms with Gasteiger partial charge < -0.3 is 15.0 Å². The van der Waals surface area contributed by atoms with E-state index in [9.17, 15) is 15.0 Å². The van der Waals surface area contributed by atoms with Crippen LogP contribution in [0.15, 0.2) is 58.3 Å². The van der Waals surface area contributed by atoms with Crippen molar-refractivity contribution in [1.82, 2.24) is 0 Å². The van der Waals surface area contributed by atoms with Crippen LogP contribution in [0.25, 0.3) is 0 Å². The number of hydrogen-bond donors (Lipinski definition) is 1. The van der Waals surface area contributed by atoms with Crippen molar-refractivity contribution < 1.29 is 15.0 Å². The quantitative estimate of drug-likeness (QED) is 0.630. The van der Waals surface area contributed by atoms with Gasteiger partial charge in [0.1, 0.15) is 0 Å². The van der Waals surface area contributed by atoms with Crippen LogP contribution < -0.4 is 5.11 Å². The van der Waals surface area contributed by atoms with Crippen LogP contribution in [0.2, 0.25) is 0 Å². The van der Waals surface area contributed by atoms with Gasteiger partial charge >= 0.3 is 0 Å². The summed E-state index contributed by atoms with van der Waals surface area (Å²) in [6.07, 6.45) is 3.35. The van der Waals surface area contributed by atoms with Crippen LogP contribution in [0, 0.1) is 19.8 Å². The number of carbonyl (C=O) groups excluding carboxylic acids is 1. The van der Waals surface area contributed by atoms with E-state index >= 15 is 0 Å². The number of carboxylic acids is 1. The molecule has 2 unspecified atom stereocenters. The minimum atomic E-state index is -1.36. The number of hydrogen-bond acceptors (Lipinski definition) is 5. The summed E-state index contributed by atoms with van der Waals surface area (Å²) in [6, 6.07) is 16.5. The van der Waals surface area contributed by atoms with Gasteiger partial charge in [0.05, 0.1) is 9.68 Å². The van der Waals surface area contributed by atoms with Crippen LogP contribution >= 0.6 is 23.5 Å². The van der Waals surface area contributed by atoms with E-state index in [4.69, 9.17) is 0 Å². The fourth-order valence-corrected chi connectivity index (χ4v) is 7.58. The van der Waals surface area contributed by atoms with E-state index in [-0.39, 0.29) is 0 Å². The smallest absolute Gasteiger partial charge is 0.0996 e. The van der Waals surface area contributed by atoms with Crippen molar-refractivity contribution in [2.45, 2.75) is 72.3 Å². The van der Waals surface area contributed by atoms with Crippen molar-refractivity contribution in [2.24, 2.45) is 5.92 Å². The monoisotopic (exact) mass is 429 g/mol. The third-order valence-corrected chi connectivity index (χ3v) is 9.14. The number of thioether (sulfide) groups is 2. The fourth-order valence-electron chi connectivity index (χ4n) is 4.19. The normalized spacial score (nSPS) is 22.2. The maximum absolute atomic E-state index is 12.0. The molecular formula is C24H29O3S2-. The van der Waals surface area contributed by atoms with E-state index < -0.39 is 21.6 Å². The minimum absolute atomic E-state index is 0.351. The molecular weight excluding hydrogens is 400 g/mol. The molecule has 2 aromatic rings. The first-order chi connectivity index (χ1) is 13.8. The maximum atomic E-state index is 12.0. The van der Waals surface area contributed by atoms with E-state index in [1.54, 1.807) is 23.5 Å². The van der Waals surface area contributed by atoms with Gasteiger partial charge in [-0.3, -0.25) is 0 Å². The Balaban J connectivity index is 2.08. The molecule has 0 spiro atoms. The van der Waals surface area contributed by atoms with Gasteiger partial charge in [0.2, 0.25) is 0 Å². The van der Waals surface area contributed by atoms with Gasteiger partial charge in [0, 0.05) is 21.7 Å². The van der Waals surface area contributed by atoms with Gasteiger partial charge in [-0.25, -0.2) is 0 Å². The number of rotatable bonds is 7. The Morgan fingerprint density at radius 1 is 0.966 bits per heavy atom. The Hall–Kier alpha value is -1.43. The maximum Gasteiger partial charge on any atom is 0.0996 e. The first-order valence-electron chi connectivity index (χ1n) is 10.2. The van der Waals surface area contributed by atoms with Crippen molar-refractivity contribution in [2.75, 3.05) is 0 Å². The van der Waals surface area contributed by atoms with Crippen LogP contribution in [0.4, 0.5) is 0 Å². The summed E-state index contributed by atoms with van der Waals surface area (Å²) in [6.45, 7) is 5.92. The molecule has 156 valence electrons. The SMILES string of the molecule is CCC(C(=O)[O-])C1(O)CCCCC1(Sc1ccc(C)cc1)Sc1ccc(C)cc1. The predicted molar refractivity (Wildman–Crippen MR) is 119 cm³/mol. The number of carbonyl (C=O) groups is 1. The van der Waals surface area contributed by atoms with Gasteiger partial charge in [-0.2, -0.15) is 0 Å². The van der Waals surface area contributed by atoms with Crippen molar-refractivity contribution in [3.8, 4) is 0 Å². The van der Waals surface area contributed by atoms with Crippen LogP contribution in [0.3, 0.4) is 0 Å².